The van der Waals surface area contributed by atoms with Crippen LogP contribution in [0.4, 0.5) is 0 Å². The number of fused-ring (bicyclic) bond motifs is 1. The van der Waals surface area contributed by atoms with Crippen molar-refractivity contribution in [3.8, 4) is 0 Å². The fourth-order valence-electron chi connectivity index (χ4n) is 5.03. The molecule has 9 heteroatoms. The fraction of sp³-hybridized carbons (Fsp3) is 0.265. The molecule has 0 unspecified atom stereocenters. The Bertz CT molecular complexity index is 1820. The van der Waals surface area contributed by atoms with Gasteiger partial charge in [0.15, 0.2) is 0 Å². The van der Waals surface area contributed by atoms with E-state index in [0.29, 0.717) is 22.4 Å². The van der Waals surface area contributed by atoms with Gasteiger partial charge in [-0.1, -0.05) is 71.8 Å². The second kappa shape index (κ2) is 13.6. The van der Waals surface area contributed by atoms with E-state index in [0.717, 1.165) is 46.2 Å². The number of aliphatic imine (C=N–C) groups is 1. The second-order valence-corrected chi connectivity index (χ2v) is 12.6. The number of nitrogens with zero attached hydrogens (tertiary/aromatic N) is 2. The average Bonchev–Trinajstić information content (AvgIpc) is 3.40. The van der Waals surface area contributed by atoms with E-state index in [1.807, 2.05) is 25.1 Å². The van der Waals surface area contributed by atoms with Gasteiger partial charge in [-0.05, 0) is 70.2 Å². The first-order chi connectivity index (χ1) is 20.5. The van der Waals surface area contributed by atoms with Crippen molar-refractivity contribution in [3.63, 3.8) is 0 Å². The molecule has 0 radical (unpaired) electrons. The highest BCUT2D eigenvalue weighted by molar-refractivity contribution is 7.89. The fourth-order valence-corrected chi connectivity index (χ4v) is 5.84. The SMILES string of the molecule is C/C=C(\N=C(/C)NC(=O)CNC(=O)c1cn(S(C)(=O)=O)c2ccccc12)c1cccc(C2=C/C(C)=C\CCC/C(C)=C\2)c1. The Labute approximate surface area is 253 Å². The third kappa shape index (κ3) is 8.08. The van der Waals surface area contributed by atoms with Gasteiger partial charge in [-0.25, -0.2) is 17.4 Å². The molecule has 0 spiro atoms. The van der Waals surface area contributed by atoms with Crippen LogP contribution in [0.2, 0.25) is 0 Å². The molecule has 43 heavy (non-hydrogen) atoms. The van der Waals surface area contributed by atoms with Crippen molar-refractivity contribution in [3.05, 3.63) is 107 Å². The number of allylic oxidation sites excluding steroid dienone is 7. The van der Waals surface area contributed by atoms with Gasteiger partial charge in [0, 0.05) is 17.1 Å². The number of amidine groups is 1. The summed E-state index contributed by atoms with van der Waals surface area (Å²) in [5, 5.41) is 5.78. The van der Waals surface area contributed by atoms with Crippen LogP contribution in [0.1, 0.15) is 68.4 Å². The highest BCUT2D eigenvalue weighted by Gasteiger charge is 2.19. The summed E-state index contributed by atoms with van der Waals surface area (Å²) in [7, 11) is -3.62. The number of carbonyl (C=O) groups excluding carboxylic acids is 2. The predicted octanol–water partition coefficient (Wildman–Crippen LogP) is 6.23. The van der Waals surface area contributed by atoms with Gasteiger partial charge < -0.3 is 10.6 Å². The van der Waals surface area contributed by atoms with E-state index < -0.39 is 21.8 Å². The molecule has 0 bridgehead atoms. The number of rotatable bonds is 7. The first-order valence-corrected chi connectivity index (χ1v) is 16.1. The first kappa shape index (κ1) is 31.4. The minimum absolute atomic E-state index is 0.168. The van der Waals surface area contributed by atoms with Crippen LogP contribution in [0.25, 0.3) is 22.2 Å². The summed E-state index contributed by atoms with van der Waals surface area (Å²) in [5.41, 5.74) is 6.99. The lowest BCUT2D eigenvalue weighted by Gasteiger charge is -2.10. The molecule has 4 rings (SSSR count). The van der Waals surface area contributed by atoms with Gasteiger partial charge in [0.2, 0.25) is 15.9 Å². The third-order valence-electron chi connectivity index (χ3n) is 7.09. The van der Waals surface area contributed by atoms with Gasteiger partial charge in [0.05, 0.1) is 29.6 Å². The number of amides is 2. The van der Waals surface area contributed by atoms with Gasteiger partial charge >= 0.3 is 0 Å². The van der Waals surface area contributed by atoms with Crippen molar-refractivity contribution in [2.45, 2.75) is 47.0 Å². The lowest BCUT2D eigenvalue weighted by molar-refractivity contribution is -0.118. The lowest BCUT2D eigenvalue weighted by Crippen LogP contribution is -2.39. The molecule has 1 heterocycles. The summed E-state index contributed by atoms with van der Waals surface area (Å²) in [4.78, 5) is 30.2. The number of hydrogen-bond acceptors (Lipinski definition) is 5. The third-order valence-corrected chi connectivity index (χ3v) is 8.11. The summed E-state index contributed by atoms with van der Waals surface area (Å²) < 4.78 is 25.4. The van der Waals surface area contributed by atoms with Crippen molar-refractivity contribution >= 4 is 49.8 Å². The molecule has 0 aliphatic heterocycles. The molecular weight excluding hydrogens is 560 g/mol. The van der Waals surface area contributed by atoms with E-state index in [4.69, 9.17) is 0 Å². The van der Waals surface area contributed by atoms with E-state index in [-0.39, 0.29) is 12.1 Å². The summed E-state index contributed by atoms with van der Waals surface area (Å²) in [6, 6.07) is 14.9. The highest BCUT2D eigenvalue weighted by atomic mass is 32.2. The van der Waals surface area contributed by atoms with Gasteiger partial charge in [-0.2, -0.15) is 0 Å². The Morgan fingerprint density at radius 1 is 1.07 bits per heavy atom. The van der Waals surface area contributed by atoms with Crippen molar-refractivity contribution in [1.82, 2.24) is 14.6 Å². The molecule has 1 aliphatic carbocycles. The molecule has 0 atom stereocenters. The summed E-state index contributed by atoms with van der Waals surface area (Å²) >= 11 is 0. The molecule has 0 saturated carbocycles. The van der Waals surface area contributed by atoms with Crippen molar-refractivity contribution in [2.75, 3.05) is 12.8 Å². The van der Waals surface area contributed by atoms with Crippen molar-refractivity contribution in [1.29, 1.82) is 0 Å². The normalized spacial score (nSPS) is 18.7. The number of nitrogens with one attached hydrogen (secondary N) is 2. The quantitative estimate of drug-likeness (QED) is 0.248. The van der Waals surface area contributed by atoms with E-state index in [1.165, 1.54) is 17.3 Å². The molecule has 0 saturated heterocycles. The maximum absolute atomic E-state index is 12.9. The Morgan fingerprint density at radius 2 is 1.84 bits per heavy atom. The van der Waals surface area contributed by atoms with E-state index in [9.17, 15) is 18.0 Å². The smallest absolute Gasteiger partial charge is 0.253 e. The number of hydrogen-bond donors (Lipinski definition) is 2. The maximum atomic E-state index is 12.9. The highest BCUT2D eigenvalue weighted by Crippen LogP contribution is 2.27. The van der Waals surface area contributed by atoms with Gasteiger partial charge in [-0.15, -0.1) is 0 Å². The van der Waals surface area contributed by atoms with Crippen LogP contribution < -0.4 is 10.6 Å². The molecule has 2 aromatic carbocycles. The topological polar surface area (TPSA) is 110 Å². The number of para-hydroxylation sites is 1. The minimum Gasteiger partial charge on any atom is -0.343 e. The predicted molar refractivity (Wildman–Crippen MR) is 175 cm³/mol. The van der Waals surface area contributed by atoms with Crippen molar-refractivity contribution < 1.29 is 18.0 Å². The minimum atomic E-state index is -3.62. The van der Waals surface area contributed by atoms with Crippen LogP contribution in [0.3, 0.4) is 0 Å². The molecular formula is C34H38N4O4S. The van der Waals surface area contributed by atoms with Crippen LogP contribution in [-0.2, 0) is 14.8 Å². The second-order valence-electron chi connectivity index (χ2n) is 10.7. The van der Waals surface area contributed by atoms with Gasteiger partial charge in [0.1, 0.15) is 5.84 Å². The molecule has 2 amide bonds. The molecule has 2 N–H and O–H groups in total. The molecule has 1 aromatic heterocycles. The summed E-state index contributed by atoms with van der Waals surface area (Å²) in [5.74, 6) is -0.630. The zero-order valence-corrected chi connectivity index (χ0v) is 26.1. The first-order valence-electron chi connectivity index (χ1n) is 14.2. The largest absolute Gasteiger partial charge is 0.343 e. The van der Waals surface area contributed by atoms with Crippen LogP contribution in [0.5, 0.6) is 0 Å². The molecule has 224 valence electrons. The van der Waals surface area contributed by atoms with Gasteiger partial charge in [-0.3, -0.25) is 9.59 Å². The maximum Gasteiger partial charge on any atom is 0.253 e. The van der Waals surface area contributed by atoms with E-state index in [1.54, 1.807) is 31.2 Å². The number of carbonyl (C=O) groups is 2. The summed E-state index contributed by atoms with van der Waals surface area (Å²) in [6.07, 6.45) is 14.2. The summed E-state index contributed by atoms with van der Waals surface area (Å²) in [6.45, 7) is 7.57. The Kier molecular flexibility index (Phi) is 9.98. The van der Waals surface area contributed by atoms with Crippen LogP contribution in [-0.4, -0.2) is 42.8 Å². The van der Waals surface area contributed by atoms with Crippen LogP contribution >= 0.6 is 0 Å². The monoisotopic (exact) mass is 598 g/mol. The average molecular weight is 599 g/mol. The van der Waals surface area contributed by atoms with E-state index in [2.05, 4.69) is 59.8 Å². The molecule has 8 nitrogen and oxygen atoms in total. The molecule has 0 fully saturated rings. The van der Waals surface area contributed by atoms with E-state index >= 15 is 0 Å². The van der Waals surface area contributed by atoms with Crippen molar-refractivity contribution in [2.24, 2.45) is 4.99 Å². The zero-order chi connectivity index (χ0) is 31.1. The standard InChI is InChI=1S/C34H38N4O4S/c1-6-31(27-15-11-14-26(20-27)28-18-23(2)12-7-8-13-24(3)19-28)36-25(4)37-33(39)21-35-34(40)30-22-38(43(5,41)42)32-17-10-9-16-29(30)32/h6,9-12,14-20,22H,7-8,13,21H2,1-5H3,(H,35,40)(H,36,37,39)/b23-12-,24-19-,28-18+,31-6-. The lowest BCUT2D eigenvalue weighted by atomic mass is 9.98. The number of aromatic nitrogens is 1. The molecule has 1 aliphatic rings. The Balaban J connectivity index is 1.46. The number of benzene rings is 2. The molecule has 3 aromatic rings. The van der Waals surface area contributed by atoms with Crippen LogP contribution in [0, 0.1) is 0 Å². The van der Waals surface area contributed by atoms with Gasteiger partial charge in [0.25, 0.3) is 5.91 Å². The van der Waals surface area contributed by atoms with Crippen LogP contribution in [0.15, 0.2) is 95.2 Å². The Hall–Kier alpha value is -4.50. The zero-order valence-electron chi connectivity index (χ0n) is 25.3. The Morgan fingerprint density at radius 3 is 2.58 bits per heavy atom.